The van der Waals surface area contributed by atoms with Crippen LogP contribution in [0.15, 0.2) is 18.0 Å². The molecule has 1 aromatic heterocycles. The van der Waals surface area contributed by atoms with Crippen LogP contribution in [0.2, 0.25) is 18.1 Å². The van der Waals surface area contributed by atoms with E-state index < -0.39 is 8.32 Å². The number of aryl methyl sites for hydroxylation is 1. The molecule has 166 valence electrons. The molecule has 4 heteroatoms. The maximum Gasteiger partial charge on any atom is 0.192 e. The summed E-state index contributed by atoms with van der Waals surface area (Å²) in [5.74, 6) is 1.17. The zero-order valence-electron chi connectivity index (χ0n) is 19.9. The summed E-state index contributed by atoms with van der Waals surface area (Å²) in [5.41, 5.74) is 3.08. The zero-order chi connectivity index (χ0) is 21.1. The SMILES string of the molecule is CCCCCCCCC(O[Si](CC)(CC)CC)C1=C(c2nccn2C)CCCC1. The molecule has 1 heterocycles. The Hall–Kier alpha value is -0.873. The lowest BCUT2D eigenvalue weighted by Crippen LogP contribution is -2.41. The summed E-state index contributed by atoms with van der Waals surface area (Å²) in [6.45, 7) is 9.37. The van der Waals surface area contributed by atoms with E-state index in [-0.39, 0.29) is 0 Å². The molecule has 0 saturated heterocycles. The summed E-state index contributed by atoms with van der Waals surface area (Å²) < 4.78 is 9.37. The second-order valence-corrected chi connectivity index (χ2v) is 13.7. The van der Waals surface area contributed by atoms with Gasteiger partial charge in [-0.2, -0.15) is 0 Å². The minimum Gasteiger partial charge on any atom is -0.410 e. The van der Waals surface area contributed by atoms with Crippen LogP contribution < -0.4 is 0 Å². The Labute approximate surface area is 181 Å². The molecule has 1 unspecified atom stereocenters. The maximum absolute atomic E-state index is 7.17. The van der Waals surface area contributed by atoms with E-state index in [0.717, 1.165) is 6.42 Å². The summed E-state index contributed by atoms with van der Waals surface area (Å²) in [4.78, 5) is 4.72. The van der Waals surface area contributed by atoms with Crippen molar-refractivity contribution in [2.45, 2.75) is 123 Å². The van der Waals surface area contributed by atoms with E-state index in [1.807, 2.05) is 6.20 Å². The van der Waals surface area contributed by atoms with Crippen molar-refractivity contribution in [3.05, 3.63) is 23.8 Å². The topological polar surface area (TPSA) is 27.1 Å². The van der Waals surface area contributed by atoms with Crippen molar-refractivity contribution in [3.8, 4) is 0 Å². The lowest BCUT2D eigenvalue weighted by atomic mass is 9.86. The molecule has 1 atom stereocenters. The fourth-order valence-electron chi connectivity index (χ4n) is 4.91. The minimum atomic E-state index is -1.64. The fraction of sp³-hybridized carbons (Fsp3) is 0.800. The third-order valence-electron chi connectivity index (χ3n) is 7.14. The average molecular weight is 419 g/mol. The Morgan fingerprint density at radius 1 is 0.966 bits per heavy atom. The molecule has 1 aromatic rings. The van der Waals surface area contributed by atoms with Gasteiger partial charge in [-0.3, -0.25) is 0 Å². The van der Waals surface area contributed by atoms with E-state index in [2.05, 4.69) is 45.5 Å². The quantitative estimate of drug-likeness (QED) is 0.227. The monoisotopic (exact) mass is 418 g/mol. The maximum atomic E-state index is 7.17. The molecular weight excluding hydrogens is 372 g/mol. The molecule has 1 aliphatic carbocycles. The van der Waals surface area contributed by atoms with Crippen LogP contribution in [0.25, 0.3) is 5.57 Å². The summed E-state index contributed by atoms with van der Waals surface area (Å²) in [6.07, 6.45) is 18.6. The highest BCUT2D eigenvalue weighted by Gasteiger charge is 2.34. The Morgan fingerprint density at radius 2 is 1.62 bits per heavy atom. The van der Waals surface area contributed by atoms with Crippen molar-refractivity contribution < 1.29 is 4.43 Å². The van der Waals surface area contributed by atoms with Crippen molar-refractivity contribution in [1.82, 2.24) is 9.55 Å². The first-order valence-electron chi connectivity index (χ1n) is 12.5. The van der Waals surface area contributed by atoms with Gasteiger partial charge in [-0.1, -0.05) is 66.2 Å². The highest BCUT2D eigenvalue weighted by Crippen LogP contribution is 2.38. The lowest BCUT2D eigenvalue weighted by molar-refractivity contribution is 0.200. The van der Waals surface area contributed by atoms with Crippen LogP contribution in [0.1, 0.15) is 104 Å². The van der Waals surface area contributed by atoms with Gasteiger partial charge in [0.25, 0.3) is 0 Å². The summed E-state index contributed by atoms with van der Waals surface area (Å²) in [6, 6.07) is 3.70. The molecule has 0 bridgehead atoms. The fourth-order valence-corrected chi connectivity index (χ4v) is 7.78. The second kappa shape index (κ2) is 12.7. The number of imidazole rings is 1. The van der Waals surface area contributed by atoms with Crippen molar-refractivity contribution >= 4 is 13.9 Å². The van der Waals surface area contributed by atoms with Crippen LogP contribution in [0.3, 0.4) is 0 Å². The highest BCUT2D eigenvalue weighted by atomic mass is 28.4. The number of unbranched alkanes of at least 4 members (excludes halogenated alkanes) is 5. The summed E-state index contributed by atoms with van der Waals surface area (Å²) in [7, 11) is 0.498. The molecule has 0 amide bonds. The van der Waals surface area contributed by atoms with Gasteiger partial charge in [-0.15, -0.1) is 0 Å². The Balaban J connectivity index is 2.24. The van der Waals surface area contributed by atoms with Gasteiger partial charge >= 0.3 is 0 Å². The van der Waals surface area contributed by atoms with E-state index in [4.69, 9.17) is 9.41 Å². The standard InChI is InChI=1S/C25H46N2OSi/c1-6-10-11-12-13-14-19-24(28-29(7-2,8-3)9-4)22-17-15-16-18-23(22)25-26-20-21-27(25)5/h20-21,24H,6-19H2,1-5H3. The van der Waals surface area contributed by atoms with E-state index in [0.29, 0.717) is 6.10 Å². The van der Waals surface area contributed by atoms with E-state index in [9.17, 15) is 0 Å². The van der Waals surface area contributed by atoms with Gasteiger partial charge in [0.05, 0.1) is 6.10 Å². The molecule has 0 aromatic carbocycles. The predicted octanol–water partition coefficient (Wildman–Crippen LogP) is 7.89. The van der Waals surface area contributed by atoms with Gasteiger partial charge in [0.1, 0.15) is 5.82 Å². The van der Waals surface area contributed by atoms with Crippen LogP contribution in [0.4, 0.5) is 0 Å². The van der Waals surface area contributed by atoms with Crippen molar-refractivity contribution in [2.75, 3.05) is 0 Å². The molecule has 0 aliphatic heterocycles. The first kappa shape index (κ1) is 24.4. The van der Waals surface area contributed by atoms with E-state index >= 15 is 0 Å². The lowest BCUT2D eigenvalue weighted by Gasteiger charge is -2.36. The van der Waals surface area contributed by atoms with Crippen LogP contribution in [-0.2, 0) is 11.5 Å². The van der Waals surface area contributed by atoms with Gasteiger partial charge in [0, 0.05) is 19.4 Å². The summed E-state index contributed by atoms with van der Waals surface area (Å²) >= 11 is 0. The van der Waals surface area contributed by atoms with Crippen LogP contribution >= 0.6 is 0 Å². The predicted molar refractivity (Wildman–Crippen MR) is 129 cm³/mol. The molecule has 29 heavy (non-hydrogen) atoms. The van der Waals surface area contributed by atoms with Crippen molar-refractivity contribution in [1.29, 1.82) is 0 Å². The molecule has 0 spiro atoms. The van der Waals surface area contributed by atoms with Crippen LogP contribution in [-0.4, -0.2) is 24.0 Å². The Morgan fingerprint density at radius 3 is 2.24 bits per heavy atom. The molecule has 0 fully saturated rings. The number of hydrogen-bond acceptors (Lipinski definition) is 2. The first-order chi connectivity index (χ1) is 14.1. The number of rotatable bonds is 14. The molecule has 2 rings (SSSR count). The van der Waals surface area contributed by atoms with Gasteiger partial charge in [-0.05, 0) is 61.4 Å². The molecule has 1 aliphatic rings. The zero-order valence-corrected chi connectivity index (χ0v) is 20.9. The average Bonchev–Trinajstić information content (AvgIpc) is 3.19. The largest absolute Gasteiger partial charge is 0.410 e. The third kappa shape index (κ3) is 6.82. The number of nitrogens with zero attached hydrogens (tertiary/aromatic N) is 2. The molecule has 0 radical (unpaired) electrons. The molecule has 0 N–H and O–H groups in total. The minimum absolute atomic E-state index is 0.319. The van der Waals surface area contributed by atoms with Crippen LogP contribution in [0, 0.1) is 0 Å². The van der Waals surface area contributed by atoms with Crippen molar-refractivity contribution in [3.63, 3.8) is 0 Å². The normalized spacial score (nSPS) is 16.4. The second-order valence-electron chi connectivity index (χ2n) is 8.98. The van der Waals surface area contributed by atoms with Gasteiger partial charge < -0.3 is 8.99 Å². The number of allylic oxidation sites excluding steroid dienone is 1. The van der Waals surface area contributed by atoms with Crippen molar-refractivity contribution in [2.24, 2.45) is 7.05 Å². The van der Waals surface area contributed by atoms with E-state index in [1.165, 1.54) is 93.7 Å². The van der Waals surface area contributed by atoms with Gasteiger partial charge in [0.15, 0.2) is 8.32 Å². The Bertz CT molecular complexity index is 610. The Kier molecular flexibility index (Phi) is 10.7. The number of hydrogen-bond donors (Lipinski definition) is 0. The smallest absolute Gasteiger partial charge is 0.192 e. The summed E-state index contributed by atoms with van der Waals surface area (Å²) in [5, 5.41) is 0. The van der Waals surface area contributed by atoms with E-state index in [1.54, 1.807) is 5.57 Å². The first-order valence-corrected chi connectivity index (χ1v) is 15.0. The van der Waals surface area contributed by atoms with Gasteiger partial charge in [-0.25, -0.2) is 4.98 Å². The molecule has 0 saturated carbocycles. The highest BCUT2D eigenvalue weighted by molar-refractivity contribution is 6.73. The van der Waals surface area contributed by atoms with Gasteiger partial charge in [0.2, 0.25) is 0 Å². The number of aromatic nitrogens is 2. The van der Waals surface area contributed by atoms with Crippen LogP contribution in [0.5, 0.6) is 0 Å². The third-order valence-corrected chi connectivity index (χ3v) is 11.8. The molecule has 3 nitrogen and oxygen atoms in total. The molecular formula is C25H46N2OSi.